The van der Waals surface area contributed by atoms with Gasteiger partial charge in [-0.2, -0.15) is 0 Å². The van der Waals surface area contributed by atoms with Crippen LogP contribution in [0.1, 0.15) is 55.9 Å². The van der Waals surface area contributed by atoms with Gasteiger partial charge in [0.25, 0.3) is 0 Å². The lowest BCUT2D eigenvalue weighted by Gasteiger charge is -2.28. The molecule has 0 bridgehead atoms. The summed E-state index contributed by atoms with van der Waals surface area (Å²) in [5.74, 6) is 0. The largest absolute Gasteiger partial charge is 0.380 e. The molecule has 1 heterocycles. The van der Waals surface area contributed by atoms with Crippen LogP contribution in [0.5, 0.6) is 0 Å². The molecule has 1 aliphatic rings. The highest BCUT2D eigenvalue weighted by Gasteiger charge is 2.30. The Balaban J connectivity index is 2.27. The van der Waals surface area contributed by atoms with Gasteiger partial charge in [0.05, 0.1) is 0 Å². The van der Waals surface area contributed by atoms with E-state index in [1.54, 1.807) is 11.3 Å². The third kappa shape index (κ3) is 2.80. The maximum Gasteiger partial charge on any atom is 0.117 e. The summed E-state index contributed by atoms with van der Waals surface area (Å²) in [5.41, 5.74) is 1.68. The van der Waals surface area contributed by atoms with Crippen LogP contribution < -0.4 is 0 Å². The van der Waals surface area contributed by atoms with Crippen molar-refractivity contribution in [1.29, 1.82) is 0 Å². The number of allylic oxidation sites excluding steroid dienone is 1. The maximum atomic E-state index is 10.8. The van der Waals surface area contributed by atoms with Crippen molar-refractivity contribution in [1.82, 2.24) is 0 Å². The molecular formula is C15H22OS. The highest BCUT2D eigenvalue weighted by atomic mass is 32.1. The van der Waals surface area contributed by atoms with Crippen molar-refractivity contribution in [2.24, 2.45) is 0 Å². The van der Waals surface area contributed by atoms with E-state index in [1.165, 1.54) is 36.8 Å². The summed E-state index contributed by atoms with van der Waals surface area (Å²) in [4.78, 5) is 1.12. The zero-order valence-electron chi connectivity index (χ0n) is 10.8. The Morgan fingerprint density at radius 2 is 2.00 bits per heavy atom. The van der Waals surface area contributed by atoms with Crippen LogP contribution in [-0.2, 0) is 5.60 Å². The molecule has 2 heteroatoms. The lowest BCUT2D eigenvalue weighted by atomic mass is 9.86. The summed E-state index contributed by atoms with van der Waals surface area (Å²) in [6.07, 6.45) is 9.56. The van der Waals surface area contributed by atoms with Gasteiger partial charge in [0.15, 0.2) is 0 Å². The molecular weight excluding hydrogens is 228 g/mol. The Kier molecular flexibility index (Phi) is 4.05. The van der Waals surface area contributed by atoms with E-state index in [4.69, 9.17) is 0 Å². The Morgan fingerprint density at radius 1 is 1.24 bits per heavy atom. The first kappa shape index (κ1) is 12.8. The number of thiophene rings is 1. The van der Waals surface area contributed by atoms with E-state index >= 15 is 0 Å². The molecule has 0 saturated carbocycles. The monoisotopic (exact) mass is 250 g/mol. The first-order valence-electron chi connectivity index (χ1n) is 6.59. The lowest BCUT2D eigenvalue weighted by molar-refractivity contribution is 0.0955. The van der Waals surface area contributed by atoms with Gasteiger partial charge in [-0.05, 0) is 62.1 Å². The molecule has 1 unspecified atom stereocenters. The second-order valence-electron chi connectivity index (χ2n) is 5.19. The van der Waals surface area contributed by atoms with Gasteiger partial charge in [0, 0.05) is 4.88 Å². The van der Waals surface area contributed by atoms with Crippen molar-refractivity contribution in [2.75, 3.05) is 0 Å². The molecule has 1 N–H and O–H groups in total. The molecule has 0 aromatic carbocycles. The number of aryl methyl sites for hydroxylation is 1. The van der Waals surface area contributed by atoms with Crippen LogP contribution in [0.3, 0.4) is 0 Å². The second kappa shape index (κ2) is 5.36. The van der Waals surface area contributed by atoms with Crippen molar-refractivity contribution in [3.8, 4) is 0 Å². The number of hydrogen-bond acceptors (Lipinski definition) is 2. The van der Waals surface area contributed by atoms with Crippen LogP contribution in [0.15, 0.2) is 23.1 Å². The first-order chi connectivity index (χ1) is 8.12. The van der Waals surface area contributed by atoms with Crippen molar-refractivity contribution in [3.05, 3.63) is 33.5 Å². The molecule has 2 rings (SSSR count). The van der Waals surface area contributed by atoms with Crippen molar-refractivity contribution in [3.63, 3.8) is 0 Å². The molecule has 0 aliphatic heterocycles. The predicted octanol–water partition coefficient (Wildman–Crippen LogP) is 4.54. The minimum Gasteiger partial charge on any atom is -0.380 e. The molecule has 0 radical (unpaired) electrons. The summed E-state index contributed by atoms with van der Waals surface area (Å²) >= 11 is 1.67. The molecule has 1 nitrogen and oxygen atoms in total. The van der Waals surface area contributed by atoms with Crippen LogP contribution in [0.2, 0.25) is 0 Å². The highest BCUT2D eigenvalue weighted by Crippen LogP contribution is 2.38. The molecule has 0 spiro atoms. The normalized spacial score (nSPS) is 24.3. The lowest BCUT2D eigenvalue weighted by Crippen LogP contribution is -2.24. The predicted molar refractivity (Wildman–Crippen MR) is 74.4 cm³/mol. The van der Waals surface area contributed by atoms with E-state index in [0.29, 0.717) is 0 Å². The van der Waals surface area contributed by atoms with E-state index in [1.807, 2.05) is 6.92 Å². The molecule has 1 aliphatic carbocycles. The van der Waals surface area contributed by atoms with Gasteiger partial charge in [-0.15, -0.1) is 11.3 Å². The SMILES string of the molecule is Cc1ccsc1C(C)(O)/C1=C/CCCCCC1. The van der Waals surface area contributed by atoms with E-state index in [0.717, 1.165) is 17.7 Å². The summed E-state index contributed by atoms with van der Waals surface area (Å²) in [7, 11) is 0. The molecule has 1 aromatic rings. The zero-order chi connectivity index (χ0) is 12.3. The quantitative estimate of drug-likeness (QED) is 0.764. The molecule has 1 atom stereocenters. The van der Waals surface area contributed by atoms with Gasteiger partial charge in [-0.25, -0.2) is 0 Å². The van der Waals surface area contributed by atoms with Gasteiger partial charge in [-0.3, -0.25) is 0 Å². The fraction of sp³-hybridized carbons (Fsp3) is 0.600. The van der Waals surface area contributed by atoms with E-state index in [9.17, 15) is 5.11 Å². The zero-order valence-corrected chi connectivity index (χ0v) is 11.6. The van der Waals surface area contributed by atoms with Crippen LogP contribution in [0.25, 0.3) is 0 Å². The molecule has 94 valence electrons. The fourth-order valence-corrected chi connectivity index (χ4v) is 3.67. The first-order valence-corrected chi connectivity index (χ1v) is 7.47. The molecule has 1 aromatic heterocycles. The highest BCUT2D eigenvalue weighted by molar-refractivity contribution is 7.10. The average Bonchev–Trinajstić information content (AvgIpc) is 2.63. The van der Waals surface area contributed by atoms with Gasteiger partial charge < -0.3 is 5.11 Å². The third-order valence-electron chi connectivity index (χ3n) is 3.72. The standard InChI is InChI=1S/C15H22OS/c1-12-10-11-17-14(12)15(2,16)13-8-6-4-3-5-7-9-13/h8,10-11,16H,3-7,9H2,1-2H3/b13-8+. The summed E-state index contributed by atoms with van der Waals surface area (Å²) in [6.45, 7) is 4.04. The third-order valence-corrected chi connectivity index (χ3v) is 4.95. The Morgan fingerprint density at radius 3 is 2.71 bits per heavy atom. The van der Waals surface area contributed by atoms with Crippen molar-refractivity contribution >= 4 is 11.3 Å². The Labute approximate surface area is 108 Å². The summed E-state index contributed by atoms with van der Waals surface area (Å²) in [6, 6.07) is 2.10. The second-order valence-corrected chi connectivity index (χ2v) is 6.10. The van der Waals surface area contributed by atoms with E-state index < -0.39 is 5.60 Å². The van der Waals surface area contributed by atoms with Crippen molar-refractivity contribution in [2.45, 2.75) is 58.0 Å². The van der Waals surface area contributed by atoms with Gasteiger partial charge >= 0.3 is 0 Å². The van der Waals surface area contributed by atoms with Crippen LogP contribution >= 0.6 is 11.3 Å². The summed E-state index contributed by atoms with van der Waals surface area (Å²) < 4.78 is 0. The van der Waals surface area contributed by atoms with Crippen LogP contribution in [0.4, 0.5) is 0 Å². The van der Waals surface area contributed by atoms with E-state index in [2.05, 4.69) is 24.4 Å². The van der Waals surface area contributed by atoms with Crippen LogP contribution in [-0.4, -0.2) is 5.11 Å². The number of hydrogen-bond donors (Lipinski definition) is 1. The van der Waals surface area contributed by atoms with Crippen LogP contribution in [0, 0.1) is 6.92 Å². The smallest absolute Gasteiger partial charge is 0.117 e. The fourth-order valence-electron chi connectivity index (χ4n) is 2.65. The topological polar surface area (TPSA) is 20.2 Å². The molecule has 0 saturated heterocycles. The number of rotatable bonds is 2. The Bertz CT molecular complexity index is 401. The maximum absolute atomic E-state index is 10.8. The molecule has 0 fully saturated rings. The average molecular weight is 250 g/mol. The summed E-state index contributed by atoms with van der Waals surface area (Å²) in [5, 5.41) is 12.9. The van der Waals surface area contributed by atoms with Gasteiger partial charge in [-0.1, -0.05) is 18.9 Å². The minimum atomic E-state index is -0.754. The van der Waals surface area contributed by atoms with Gasteiger partial charge in [0.2, 0.25) is 0 Å². The van der Waals surface area contributed by atoms with E-state index in [-0.39, 0.29) is 0 Å². The molecule has 17 heavy (non-hydrogen) atoms. The minimum absolute atomic E-state index is 0.754. The van der Waals surface area contributed by atoms with Gasteiger partial charge in [0.1, 0.15) is 5.60 Å². The Hall–Kier alpha value is -0.600. The number of aliphatic hydroxyl groups is 1. The van der Waals surface area contributed by atoms with Crippen molar-refractivity contribution < 1.29 is 5.11 Å². The molecule has 0 amide bonds.